The Labute approximate surface area is 137 Å². The molecule has 1 amide bonds. The van der Waals surface area contributed by atoms with Gasteiger partial charge in [0.25, 0.3) is 0 Å². The molecule has 22 heavy (non-hydrogen) atoms. The minimum absolute atomic E-state index is 0.364. The van der Waals surface area contributed by atoms with Crippen molar-refractivity contribution in [2.75, 3.05) is 19.6 Å². The second-order valence-electron chi connectivity index (χ2n) is 8.04. The predicted octanol–water partition coefficient (Wildman–Crippen LogP) is 3.83. The lowest BCUT2D eigenvalue weighted by molar-refractivity contribution is -0.134. The molecule has 2 unspecified atom stereocenters. The van der Waals surface area contributed by atoms with E-state index in [2.05, 4.69) is 31.0 Å². The molecule has 0 radical (unpaired) electrons. The molecule has 1 N–H and O–H groups in total. The molecule has 0 aromatic heterocycles. The monoisotopic (exact) mass is 308 g/mol. The molecule has 1 aliphatic heterocycles. The average Bonchev–Trinajstić information content (AvgIpc) is 2.98. The number of carbonyl (C=O) groups excluding carboxylic acids is 1. The van der Waals surface area contributed by atoms with E-state index in [1.54, 1.807) is 0 Å². The summed E-state index contributed by atoms with van der Waals surface area (Å²) in [5.74, 6) is 2.40. The molecule has 1 aliphatic carbocycles. The highest BCUT2D eigenvalue weighted by molar-refractivity contribution is 5.76. The van der Waals surface area contributed by atoms with Gasteiger partial charge >= 0.3 is 0 Å². The fourth-order valence-corrected chi connectivity index (χ4v) is 4.20. The maximum absolute atomic E-state index is 12.5. The summed E-state index contributed by atoms with van der Waals surface area (Å²) < 4.78 is 0. The van der Waals surface area contributed by atoms with Crippen molar-refractivity contribution in [2.24, 2.45) is 17.8 Å². The summed E-state index contributed by atoms with van der Waals surface area (Å²) in [5.41, 5.74) is 0. The third kappa shape index (κ3) is 5.57. The molecule has 0 bridgehead atoms. The van der Waals surface area contributed by atoms with Crippen molar-refractivity contribution >= 4 is 5.91 Å². The molecule has 0 spiro atoms. The third-order valence-corrected chi connectivity index (χ3v) is 5.34. The van der Waals surface area contributed by atoms with Crippen LogP contribution in [0.15, 0.2) is 0 Å². The molecule has 0 aromatic rings. The van der Waals surface area contributed by atoms with E-state index >= 15 is 0 Å². The first-order valence-corrected chi connectivity index (χ1v) is 9.59. The van der Waals surface area contributed by atoms with E-state index in [0.717, 1.165) is 25.6 Å². The minimum atomic E-state index is 0.364. The van der Waals surface area contributed by atoms with E-state index in [0.29, 0.717) is 30.2 Å². The van der Waals surface area contributed by atoms with Crippen molar-refractivity contribution in [3.8, 4) is 0 Å². The number of likely N-dealkylation sites (tertiary alicyclic amines) is 1. The van der Waals surface area contributed by atoms with Crippen molar-refractivity contribution in [3.63, 3.8) is 0 Å². The van der Waals surface area contributed by atoms with Crippen LogP contribution < -0.4 is 5.32 Å². The van der Waals surface area contributed by atoms with E-state index in [4.69, 9.17) is 0 Å². The zero-order chi connectivity index (χ0) is 15.9. The van der Waals surface area contributed by atoms with Gasteiger partial charge in [-0.15, -0.1) is 0 Å². The van der Waals surface area contributed by atoms with Crippen LogP contribution >= 0.6 is 0 Å². The summed E-state index contributed by atoms with van der Waals surface area (Å²) in [7, 11) is 0. The summed E-state index contributed by atoms with van der Waals surface area (Å²) in [6.45, 7) is 9.62. The first kappa shape index (κ1) is 17.8. The number of piperidine rings is 1. The highest BCUT2D eigenvalue weighted by atomic mass is 16.2. The Bertz CT molecular complexity index is 336. The van der Waals surface area contributed by atoms with Gasteiger partial charge in [-0.3, -0.25) is 4.79 Å². The van der Waals surface area contributed by atoms with Gasteiger partial charge in [-0.05, 0) is 50.0 Å². The van der Waals surface area contributed by atoms with Crippen molar-refractivity contribution < 1.29 is 4.79 Å². The lowest BCUT2D eigenvalue weighted by atomic mass is 9.89. The van der Waals surface area contributed by atoms with Crippen molar-refractivity contribution in [1.29, 1.82) is 0 Å². The number of hydrogen-bond acceptors (Lipinski definition) is 2. The van der Waals surface area contributed by atoms with Crippen LogP contribution in [-0.2, 0) is 4.79 Å². The van der Waals surface area contributed by atoms with Gasteiger partial charge in [-0.2, -0.15) is 0 Å². The first-order chi connectivity index (χ1) is 10.6. The van der Waals surface area contributed by atoms with Crippen LogP contribution in [0.4, 0.5) is 0 Å². The van der Waals surface area contributed by atoms with Crippen molar-refractivity contribution in [2.45, 2.75) is 78.2 Å². The Morgan fingerprint density at radius 3 is 2.55 bits per heavy atom. The Balaban J connectivity index is 1.86. The molecule has 2 rings (SSSR count). The summed E-state index contributed by atoms with van der Waals surface area (Å²) in [5, 5.41) is 3.80. The molecule has 1 heterocycles. The van der Waals surface area contributed by atoms with Gasteiger partial charge in [0.15, 0.2) is 0 Å². The van der Waals surface area contributed by atoms with Crippen molar-refractivity contribution in [3.05, 3.63) is 0 Å². The molecule has 128 valence electrons. The van der Waals surface area contributed by atoms with Gasteiger partial charge in [0, 0.05) is 25.6 Å². The van der Waals surface area contributed by atoms with E-state index in [-0.39, 0.29) is 0 Å². The molecule has 3 nitrogen and oxygen atoms in total. The van der Waals surface area contributed by atoms with E-state index < -0.39 is 0 Å². The first-order valence-electron chi connectivity index (χ1n) is 9.59. The number of hydrogen-bond donors (Lipinski definition) is 1. The number of nitrogens with one attached hydrogen (secondary N) is 1. The fourth-order valence-electron chi connectivity index (χ4n) is 4.20. The van der Waals surface area contributed by atoms with Gasteiger partial charge in [-0.25, -0.2) is 0 Å². The highest BCUT2D eigenvalue weighted by Crippen LogP contribution is 2.26. The van der Waals surface area contributed by atoms with Gasteiger partial charge in [0.1, 0.15) is 0 Å². The van der Waals surface area contributed by atoms with E-state index in [9.17, 15) is 4.79 Å². The van der Waals surface area contributed by atoms with Gasteiger partial charge < -0.3 is 10.2 Å². The smallest absolute Gasteiger partial charge is 0.222 e. The molecular weight excluding hydrogens is 272 g/mol. The van der Waals surface area contributed by atoms with Crippen LogP contribution in [-0.4, -0.2) is 36.5 Å². The lowest BCUT2D eigenvalue weighted by Gasteiger charge is -2.39. The van der Waals surface area contributed by atoms with Crippen LogP contribution in [0.25, 0.3) is 0 Å². The maximum atomic E-state index is 12.5. The highest BCUT2D eigenvalue weighted by Gasteiger charge is 2.30. The zero-order valence-corrected chi connectivity index (χ0v) is 14.9. The average molecular weight is 309 g/mol. The normalized spacial score (nSPS) is 26.8. The second-order valence-corrected chi connectivity index (χ2v) is 8.04. The van der Waals surface area contributed by atoms with E-state index in [1.165, 1.54) is 44.9 Å². The van der Waals surface area contributed by atoms with Crippen LogP contribution in [0.1, 0.15) is 72.1 Å². The molecule has 2 atom stereocenters. The van der Waals surface area contributed by atoms with Crippen LogP contribution in [0.3, 0.4) is 0 Å². The quantitative estimate of drug-likeness (QED) is 0.775. The summed E-state index contributed by atoms with van der Waals surface area (Å²) in [6, 6.07) is 0.516. The number of carbonyl (C=O) groups is 1. The standard InChI is InChI=1S/C19H36N2O/c1-4-7-17-11-18(20-12-16-8-5-6-9-16)14-21(13-17)19(22)10-15(2)3/h15-18,20H,4-14H2,1-3H3. The van der Waals surface area contributed by atoms with Gasteiger partial charge in [-0.1, -0.05) is 40.0 Å². The predicted molar refractivity (Wildman–Crippen MR) is 92.8 cm³/mol. The fraction of sp³-hybridized carbons (Fsp3) is 0.947. The minimum Gasteiger partial charge on any atom is -0.341 e. The summed E-state index contributed by atoms with van der Waals surface area (Å²) in [4.78, 5) is 14.6. The van der Waals surface area contributed by atoms with Gasteiger partial charge in [0.05, 0.1) is 0 Å². The molecule has 1 saturated heterocycles. The molecule has 2 fully saturated rings. The second kappa shape index (κ2) is 8.90. The molecule has 0 aromatic carbocycles. The maximum Gasteiger partial charge on any atom is 0.222 e. The third-order valence-electron chi connectivity index (χ3n) is 5.34. The SMILES string of the molecule is CCCC1CC(NCC2CCCC2)CN(C(=O)CC(C)C)C1. The van der Waals surface area contributed by atoms with Gasteiger partial charge in [0.2, 0.25) is 5.91 Å². The largest absolute Gasteiger partial charge is 0.341 e. The van der Waals surface area contributed by atoms with Crippen LogP contribution in [0, 0.1) is 17.8 Å². The number of rotatable bonds is 7. The molecule has 3 heteroatoms. The molecule has 1 saturated carbocycles. The number of nitrogens with zero attached hydrogens (tertiary/aromatic N) is 1. The lowest BCUT2D eigenvalue weighted by Crippen LogP contribution is -2.52. The summed E-state index contributed by atoms with van der Waals surface area (Å²) >= 11 is 0. The number of amides is 1. The summed E-state index contributed by atoms with van der Waals surface area (Å²) in [6.07, 6.45) is 10.1. The van der Waals surface area contributed by atoms with Crippen LogP contribution in [0.5, 0.6) is 0 Å². The van der Waals surface area contributed by atoms with Crippen LogP contribution in [0.2, 0.25) is 0 Å². The Morgan fingerprint density at radius 1 is 1.18 bits per heavy atom. The Kier molecular flexibility index (Phi) is 7.20. The molecular formula is C19H36N2O. The van der Waals surface area contributed by atoms with E-state index in [1.807, 2.05) is 0 Å². The zero-order valence-electron chi connectivity index (χ0n) is 14.9. The Morgan fingerprint density at radius 2 is 1.91 bits per heavy atom. The van der Waals surface area contributed by atoms with Crippen molar-refractivity contribution in [1.82, 2.24) is 10.2 Å². The molecule has 2 aliphatic rings. The topological polar surface area (TPSA) is 32.3 Å². The Hall–Kier alpha value is -0.570.